The van der Waals surface area contributed by atoms with Gasteiger partial charge in [0.05, 0.1) is 12.7 Å². The number of aliphatic hydroxyl groups is 1. The average Bonchev–Trinajstić information content (AvgIpc) is 2.33. The molecule has 1 saturated heterocycles. The quantitative estimate of drug-likeness (QED) is 0.685. The fraction of sp³-hybridized carbons (Fsp3) is 1.00. The van der Waals surface area contributed by atoms with E-state index in [9.17, 15) is 5.11 Å². The van der Waals surface area contributed by atoms with Crippen molar-refractivity contribution < 1.29 is 14.6 Å². The van der Waals surface area contributed by atoms with Crippen LogP contribution in [0.25, 0.3) is 0 Å². The van der Waals surface area contributed by atoms with Gasteiger partial charge < -0.3 is 14.6 Å². The van der Waals surface area contributed by atoms with E-state index in [-0.39, 0.29) is 6.10 Å². The predicted octanol–water partition coefficient (Wildman–Crippen LogP) is 1.30. The van der Waals surface area contributed by atoms with Crippen LogP contribution in [0.2, 0.25) is 0 Å². The van der Waals surface area contributed by atoms with Crippen molar-refractivity contribution in [2.24, 2.45) is 0 Å². The highest BCUT2D eigenvalue weighted by atomic mass is 16.8. The van der Waals surface area contributed by atoms with Crippen molar-refractivity contribution in [1.82, 2.24) is 0 Å². The third kappa shape index (κ3) is 1.49. The Labute approximate surface area is 73.7 Å². The summed E-state index contributed by atoms with van der Waals surface area (Å²) in [5.41, 5.74) is -0.905. The van der Waals surface area contributed by atoms with Crippen LogP contribution in [0.1, 0.15) is 34.1 Å². The normalized spacial score (nSPS) is 41.2. The molecule has 3 nitrogen and oxygen atoms in total. The van der Waals surface area contributed by atoms with Crippen LogP contribution in [0.3, 0.4) is 0 Å². The highest BCUT2D eigenvalue weighted by molar-refractivity contribution is 4.90. The maximum absolute atomic E-state index is 9.95. The Hall–Kier alpha value is -0.120. The molecule has 0 unspecified atom stereocenters. The summed E-state index contributed by atoms with van der Waals surface area (Å²) < 4.78 is 11.0. The van der Waals surface area contributed by atoms with Crippen LogP contribution in [0, 0.1) is 0 Å². The minimum atomic E-state index is -0.905. The molecule has 1 fully saturated rings. The van der Waals surface area contributed by atoms with Gasteiger partial charge in [-0.1, -0.05) is 6.92 Å². The molecule has 0 spiro atoms. The second-order valence-corrected chi connectivity index (χ2v) is 3.81. The van der Waals surface area contributed by atoms with Crippen LogP contribution in [0.15, 0.2) is 0 Å². The highest BCUT2D eigenvalue weighted by Gasteiger charge is 2.49. The smallest absolute Gasteiger partial charge is 0.194 e. The molecular formula is C9H18O3. The van der Waals surface area contributed by atoms with Gasteiger partial charge in [0.2, 0.25) is 0 Å². The molecule has 72 valence electrons. The molecule has 1 aliphatic heterocycles. The van der Waals surface area contributed by atoms with E-state index in [1.165, 1.54) is 0 Å². The van der Waals surface area contributed by atoms with Gasteiger partial charge in [-0.25, -0.2) is 0 Å². The minimum Gasteiger partial charge on any atom is -0.385 e. The summed E-state index contributed by atoms with van der Waals surface area (Å²) in [5, 5.41) is 9.95. The summed E-state index contributed by atoms with van der Waals surface area (Å²) in [5.74, 6) is -0.832. The molecule has 0 aliphatic carbocycles. The topological polar surface area (TPSA) is 38.7 Å². The van der Waals surface area contributed by atoms with Crippen molar-refractivity contribution >= 4 is 0 Å². The van der Waals surface area contributed by atoms with Crippen molar-refractivity contribution in [2.45, 2.75) is 51.6 Å². The summed E-state index contributed by atoms with van der Waals surface area (Å²) >= 11 is 0. The van der Waals surface area contributed by atoms with E-state index >= 15 is 0 Å². The van der Waals surface area contributed by atoms with Crippen molar-refractivity contribution in [3.63, 3.8) is 0 Å². The van der Waals surface area contributed by atoms with Gasteiger partial charge in [-0.05, 0) is 27.2 Å². The lowest BCUT2D eigenvalue weighted by molar-refractivity contribution is -0.258. The minimum absolute atomic E-state index is 0.0769. The zero-order valence-corrected chi connectivity index (χ0v) is 8.26. The summed E-state index contributed by atoms with van der Waals surface area (Å²) in [6.07, 6.45) is 0.698. The van der Waals surface area contributed by atoms with E-state index in [0.29, 0.717) is 13.0 Å². The Balaban J connectivity index is 2.72. The van der Waals surface area contributed by atoms with Crippen molar-refractivity contribution in [3.8, 4) is 0 Å². The van der Waals surface area contributed by atoms with E-state index in [1.807, 2.05) is 13.8 Å². The third-order valence-electron chi connectivity index (χ3n) is 2.69. The number of rotatable bonds is 2. The van der Waals surface area contributed by atoms with E-state index < -0.39 is 11.4 Å². The van der Waals surface area contributed by atoms with Gasteiger partial charge in [-0.15, -0.1) is 0 Å². The maximum Gasteiger partial charge on any atom is 0.194 e. The van der Waals surface area contributed by atoms with E-state index in [4.69, 9.17) is 9.47 Å². The first-order valence-electron chi connectivity index (χ1n) is 4.45. The molecule has 12 heavy (non-hydrogen) atoms. The SMILES string of the molecule is CC[C@](C)(O)[C@@]1(C)OC[C@H](C)O1. The molecule has 1 aliphatic rings. The molecule has 1 N–H and O–H groups in total. The van der Waals surface area contributed by atoms with Crippen LogP contribution >= 0.6 is 0 Å². The Morgan fingerprint density at radius 2 is 2.25 bits per heavy atom. The molecule has 3 heteroatoms. The van der Waals surface area contributed by atoms with Crippen LogP contribution in [-0.4, -0.2) is 29.2 Å². The van der Waals surface area contributed by atoms with E-state index in [0.717, 1.165) is 0 Å². The molecule has 0 aromatic heterocycles. The molecule has 1 heterocycles. The summed E-state index contributed by atoms with van der Waals surface area (Å²) in [6, 6.07) is 0. The Morgan fingerprint density at radius 3 is 2.58 bits per heavy atom. The fourth-order valence-electron chi connectivity index (χ4n) is 1.33. The monoisotopic (exact) mass is 174 g/mol. The lowest BCUT2D eigenvalue weighted by atomic mass is 9.94. The lowest BCUT2D eigenvalue weighted by Crippen LogP contribution is -2.50. The van der Waals surface area contributed by atoms with Gasteiger partial charge in [0.15, 0.2) is 5.79 Å². The van der Waals surface area contributed by atoms with Gasteiger partial charge in [0, 0.05) is 0 Å². The van der Waals surface area contributed by atoms with E-state index in [2.05, 4.69) is 0 Å². The second-order valence-electron chi connectivity index (χ2n) is 3.81. The molecule has 3 atom stereocenters. The van der Waals surface area contributed by atoms with Crippen molar-refractivity contribution in [3.05, 3.63) is 0 Å². The largest absolute Gasteiger partial charge is 0.385 e. The first kappa shape index (κ1) is 9.96. The summed E-state index contributed by atoms with van der Waals surface area (Å²) in [6.45, 7) is 7.95. The first-order valence-corrected chi connectivity index (χ1v) is 4.45. The zero-order chi connectivity index (χ0) is 9.41. The van der Waals surface area contributed by atoms with Crippen molar-refractivity contribution in [1.29, 1.82) is 0 Å². The van der Waals surface area contributed by atoms with Gasteiger partial charge in [0.25, 0.3) is 0 Å². The molecule has 0 aromatic carbocycles. The highest BCUT2D eigenvalue weighted by Crippen LogP contribution is 2.35. The van der Waals surface area contributed by atoms with Gasteiger partial charge >= 0.3 is 0 Å². The fourth-order valence-corrected chi connectivity index (χ4v) is 1.33. The van der Waals surface area contributed by atoms with Crippen LogP contribution in [-0.2, 0) is 9.47 Å². The zero-order valence-electron chi connectivity index (χ0n) is 8.26. The van der Waals surface area contributed by atoms with E-state index in [1.54, 1.807) is 13.8 Å². The van der Waals surface area contributed by atoms with Crippen LogP contribution in [0.5, 0.6) is 0 Å². The third-order valence-corrected chi connectivity index (χ3v) is 2.69. The summed E-state index contributed by atoms with van der Waals surface area (Å²) in [7, 11) is 0. The van der Waals surface area contributed by atoms with Gasteiger partial charge in [0.1, 0.15) is 5.60 Å². The Morgan fingerprint density at radius 1 is 1.67 bits per heavy atom. The molecule has 0 saturated carbocycles. The number of hydrogen-bond donors (Lipinski definition) is 1. The second kappa shape index (κ2) is 2.98. The molecule has 0 amide bonds. The Kier molecular flexibility index (Phi) is 2.47. The lowest BCUT2D eigenvalue weighted by Gasteiger charge is -2.37. The molecule has 0 bridgehead atoms. The van der Waals surface area contributed by atoms with Gasteiger partial charge in [-0.3, -0.25) is 0 Å². The summed E-state index contributed by atoms with van der Waals surface area (Å²) in [4.78, 5) is 0. The van der Waals surface area contributed by atoms with Crippen LogP contribution < -0.4 is 0 Å². The molecule has 0 radical (unpaired) electrons. The first-order chi connectivity index (χ1) is 5.41. The van der Waals surface area contributed by atoms with Gasteiger partial charge in [-0.2, -0.15) is 0 Å². The molecule has 1 rings (SSSR count). The average molecular weight is 174 g/mol. The molecular weight excluding hydrogens is 156 g/mol. The Bertz CT molecular complexity index is 167. The maximum atomic E-state index is 9.95. The number of ether oxygens (including phenoxy) is 2. The molecule has 0 aromatic rings. The predicted molar refractivity (Wildman–Crippen MR) is 45.8 cm³/mol. The standard InChI is InChI=1S/C9H18O3/c1-5-8(3,10)9(4)11-6-7(2)12-9/h7,10H,5-6H2,1-4H3/t7-,8-,9-/m0/s1. The van der Waals surface area contributed by atoms with Crippen molar-refractivity contribution in [2.75, 3.05) is 6.61 Å². The number of hydrogen-bond acceptors (Lipinski definition) is 3. The van der Waals surface area contributed by atoms with Crippen LogP contribution in [0.4, 0.5) is 0 Å².